The van der Waals surface area contributed by atoms with Gasteiger partial charge in [-0.3, -0.25) is 4.79 Å². The Hall–Kier alpha value is -2.63. The van der Waals surface area contributed by atoms with Crippen LogP contribution in [0.1, 0.15) is 24.3 Å². The van der Waals surface area contributed by atoms with E-state index in [-0.39, 0.29) is 18.4 Å². The van der Waals surface area contributed by atoms with Crippen molar-refractivity contribution in [3.8, 4) is 17.2 Å². The highest BCUT2D eigenvalue weighted by molar-refractivity contribution is 5.79. The Balaban J connectivity index is 2.19. The van der Waals surface area contributed by atoms with Crippen LogP contribution in [0, 0.1) is 0 Å². The second-order valence-corrected chi connectivity index (χ2v) is 5.41. The minimum Gasteiger partial charge on any atom is -0.493 e. The molecule has 1 aromatic heterocycles. The number of carbonyl (C=O) groups excluding carboxylic acids is 1. The second-order valence-electron chi connectivity index (χ2n) is 5.41. The van der Waals surface area contributed by atoms with Crippen molar-refractivity contribution in [2.75, 3.05) is 28.4 Å². The minimum atomic E-state index is -0.144. The van der Waals surface area contributed by atoms with E-state index < -0.39 is 0 Å². The number of nitrogens with zero attached hydrogens (tertiary/aromatic N) is 1. The smallest absolute Gasteiger partial charge is 0.227 e. The number of rotatable bonds is 7. The number of benzene rings is 1. The molecular weight excluding hydrogens is 310 g/mol. The van der Waals surface area contributed by atoms with E-state index in [0.717, 1.165) is 11.3 Å². The molecule has 6 nitrogen and oxygen atoms in total. The predicted octanol–water partition coefficient (Wildman–Crippen LogP) is 3.07. The summed E-state index contributed by atoms with van der Waals surface area (Å²) < 4.78 is 21.3. The Labute approximate surface area is 141 Å². The van der Waals surface area contributed by atoms with E-state index in [2.05, 4.69) is 0 Å². The van der Waals surface area contributed by atoms with Crippen LogP contribution in [0.25, 0.3) is 0 Å². The second kappa shape index (κ2) is 7.77. The predicted molar refractivity (Wildman–Crippen MR) is 89.7 cm³/mol. The Morgan fingerprint density at radius 3 is 2.25 bits per heavy atom. The molecule has 0 saturated heterocycles. The van der Waals surface area contributed by atoms with Crippen LogP contribution >= 0.6 is 0 Å². The van der Waals surface area contributed by atoms with Gasteiger partial charge in [-0.25, -0.2) is 0 Å². The molecule has 0 spiro atoms. The molecule has 1 aromatic carbocycles. The molecule has 1 atom stereocenters. The van der Waals surface area contributed by atoms with Crippen LogP contribution in [-0.4, -0.2) is 39.2 Å². The summed E-state index contributed by atoms with van der Waals surface area (Å²) in [6.45, 7) is 1.92. The molecule has 0 aliphatic carbocycles. The highest BCUT2D eigenvalue weighted by Gasteiger charge is 2.21. The lowest BCUT2D eigenvalue weighted by Gasteiger charge is -2.23. The molecule has 1 heterocycles. The maximum Gasteiger partial charge on any atom is 0.227 e. The molecule has 2 rings (SSSR count). The average molecular weight is 333 g/mol. The van der Waals surface area contributed by atoms with Crippen LogP contribution in [0.5, 0.6) is 17.2 Å². The van der Waals surface area contributed by atoms with Crippen molar-refractivity contribution in [1.82, 2.24) is 4.90 Å². The van der Waals surface area contributed by atoms with Crippen molar-refractivity contribution in [3.05, 3.63) is 41.9 Å². The SMILES string of the molecule is COc1cc(CC(=O)N(C)C(C)c2ccco2)cc(OC)c1OC. The van der Waals surface area contributed by atoms with Gasteiger partial charge in [-0.05, 0) is 36.8 Å². The molecule has 1 amide bonds. The van der Waals surface area contributed by atoms with Crippen LogP contribution < -0.4 is 14.2 Å². The van der Waals surface area contributed by atoms with Crippen molar-refractivity contribution in [1.29, 1.82) is 0 Å². The first kappa shape index (κ1) is 17.7. The quantitative estimate of drug-likeness (QED) is 0.779. The van der Waals surface area contributed by atoms with Crippen molar-refractivity contribution < 1.29 is 23.4 Å². The number of hydrogen-bond donors (Lipinski definition) is 0. The lowest BCUT2D eigenvalue weighted by molar-refractivity contribution is -0.131. The fraction of sp³-hybridized carbons (Fsp3) is 0.389. The largest absolute Gasteiger partial charge is 0.493 e. The van der Waals surface area contributed by atoms with E-state index in [1.165, 1.54) is 0 Å². The van der Waals surface area contributed by atoms with Gasteiger partial charge in [0.1, 0.15) is 5.76 Å². The van der Waals surface area contributed by atoms with E-state index in [1.807, 2.05) is 19.1 Å². The van der Waals surface area contributed by atoms with Crippen LogP contribution in [0.2, 0.25) is 0 Å². The number of likely N-dealkylation sites (N-methyl/N-ethyl adjacent to an activating group) is 1. The van der Waals surface area contributed by atoms with Gasteiger partial charge in [0.05, 0.1) is 40.1 Å². The topological polar surface area (TPSA) is 61.1 Å². The fourth-order valence-corrected chi connectivity index (χ4v) is 2.47. The Morgan fingerprint density at radius 1 is 1.17 bits per heavy atom. The molecule has 1 unspecified atom stereocenters. The minimum absolute atomic E-state index is 0.0341. The Bertz CT molecular complexity index is 656. The summed E-state index contributed by atoms with van der Waals surface area (Å²) in [5, 5.41) is 0. The molecule has 24 heavy (non-hydrogen) atoms. The molecule has 0 aliphatic rings. The Kier molecular flexibility index (Phi) is 5.73. The fourth-order valence-electron chi connectivity index (χ4n) is 2.47. The summed E-state index contributed by atoms with van der Waals surface area (Å²) in [7, 11) is 6.40. The summed E-state index contributed by atoms with van der Waals surface area (Å²) in [5.41, 5.74) is 0.785. The molecule has 0 radical (unpaired) electrons. The molecule has 0 aliphatic heterocycles. The van der Waals surface area contributed by atoms with Gasteiger partial charge < -0.3 is 23.5 Å². The van der Waals surface area contributed by atoms with E-state index in [4.69, 9.17) is 18.6 Å². The molecule has 0 bridgehead atoms. The third-order valence-electron chi connectivity index (χ3n) is 4.01. The van der Waals surface area contributed by atoms with Gasteiger partial charge in [-0.2, -0.15) is 0 Å². The zero-order valence-corrected chi connectivity index (χ0v) is 14.7. The molecule has 6 heteroatoms. The van der Waals surface area contributed by atoms with E-state index in [0.29, 0.717) is 17.2 Å². The van der Waals surface area contributed by atoms with Crippen LogP contribution in [-0.2, 0) is 11.2 Å². The van der Waals surface area contributed by atoms with Gasteiger partial charge in [0.2, 0.25) is 11.7 Å². The normalized spacial score (nSPS) is 11.7. The maximum atomic E-state index is 12.6. The van der Waals surface area contributed by atoms with Gasteiger partial charge in [-0.1, -0.05) is 0 Å². The first-order chi connectivity index (χ1) is 11.5. The van der Waals surface area contributed by atoms with Crippen LogP contribution in [0.15, 0.2) is 34.9 Å². The third kappa shape index (κ3) is 3.64. The Morgan fingerprint density at radius 2 is 1.79 bits per heavy atom. The van der Waals surface area contributed by atoms with Gasteiger partial charge in [0.15, 0.2) is 11.5 Å². The monoisotopic (exact) mass is 333 g/mol. The number of hydrogen-bond acceptors (Lipinski definition) is 5. The van der Waals surface area contributed by atoms with Gasteiger partial charge in [0.25, 0.3) is 0 Å². The van der Waals surface area contributed by atoms with Crippen molar-refractivity contribution in [3.63, 3.8) is 0 Å². The first-order valence-corrected chi connectivity index (χ1v) is 7.59. The molecule has 130 valence electrons. The first-order valence-electron chi connectivity index (χ1n) is 7.59. The third-order valence-corrected chi connectivity index (χ3v) is 4.01. The standard InChI is InChI=1S/C18H23NO5/c1-12(14-7-6-8-24-14)19(2)17(20)11-13-9-15(21-3)18(23-5)16(10-13)22-4/h6-10,12H,11H2,1-5H3. The number of ether oxygens (including phenoxy) is 3. The summed E-state index contributed by atoms with van der Waals surface area (Å²) in [6.07, 6.45) is 1.82. The summed E-state index contributed by atoms with van der Waals surface area (Å²) in [6, 6.07) is 7.08. The van der Waals surface area contributed by atoms with Gasteiger partial charge >= 0.3 is 0 Å². The molecule has 2 aromatic rings. The number of carbonyl (C=O) groups is 1. The zero-order valence-electron chi connectivity index (χ0n) is 14.7. The van der Waals surface area contributed by atoms with Crippen molar-refractivity contribution >= 4 is 5.91 Å². The molecular formula is C18H23NO5. The van der Waals surface area contributed by atoms with Crippen molar-refractivity contribution in [2.24, 2.45) is 0 Å². The highest BCUT2D eigenvalue weighted by atomic mass is 16.5. The lowest BCUT2D eigenvalue weighted by Crippen LogP contribution is -2.30. The lowest BCUT2D eigenvalue weighted by atomic mass is 10.1. The molecule has 0 N–H and O–H groups in total. The summed E-state index contributed by atoms with van der Waals surface area (Å²) in [5.74, 6) is 2.28. The molecule has 0 fully saturated rings. The number of furan rings is 1. The van der Waals surface area contributed by atoms with Crippen LogP contribution in [0.4, 0.5) is 0 Å². The summed E-state index contributed by atoms with van der Waals surface area (Å²) in [4.78, 5) is 14.2. The number of methoxy groups -OCH3 is 3. The molecule has 0 saturated carbocycles. The maximum absolute atomic E-state index is 12.6. The van der Waals surface area contributed by atoms with E-state index in [9.17, 15) is 4.79 Å². The summed E-state index contributed by atoms with van der Waals surface area (Å²) >= 11 is 0. The van der Waals surface area contributed by atoms with Gasteiger partial charge in [0, 0.05) is 7.05 Å². The van der Waals surface area contributed by atoms with Crippen molar-refractivity contribution in [2.45, 2.75) is 19.4 Å². The van der Waals surface area contributed by atoms with Crippen LogP contribution in [0.3, 0.4) is 0 Å². The van der Waals surface area contributed by atoms with Gasteiger partial charge in [-0.15, -0.1) is 0 Å². The average Bonchev–Trinajstić information content (AvgIpc) is 3.13. The number of amides is 1. The van der Waals surface area contributed by atoms with E-state index in [1.54, 1.807) is 51.7 Å². The van der Waals surface area contributed by atoms with E-state index >= 15 is 0 Å². The highest BCUT2D eigenvalue weighted by Crippen LogP contribution is 2.38. The zero-order chi connectivity index (χ0) is 17.7.